The number of sulfonamides is 1. The van der Waals surface area contributed by atoms with Crippen molar-refractivity contribution < 1.29 is 8.42 Å². The Bertz CT molecular complexity index is 502. The van der Waals surface area contributed by atoms with Gasteiger partial charge in [-0.05, 0) is 37.8 Å². The van der Waals surface area contributed by atoms with E-state index in [1.54, 1.807) is 16.4 Å². The van der Waals surface area contributed by atoms with E-state index >= 15 is 0 Å². The van der Waals surface area contributed by atoms with Gasteiger partial charge in [-0.1, -0.05) is 17.7 Å². The summed E-state index contributed by atoms with van der Waals surface area (Å²) in [6.45, 7) is 2.68. The smallest absolute Gasteiger partial charge is 0.207 e. The third kappa shape index (κ3) is 1.66. The molecule has 1 aliphatic heterocycles. The molecule has 16 heavy (non-hydrogen) atoms. The van der Waals surface area contributed by atoms with E-state index < -0.39 is 10.0 Å². The lowest BCUT2D eigenvalue weighted by Crippen LogP contribution is -2.15. The Morgan fingerprint density at radius 3 is 2.38 bits per heavy atom. The van der Waals surface area contributed by atoms with Crippen LogP contribution < -0.4 is 0 Å². The lowest BCUT2D eigenvalue weighted by atomic mass is 10.2. The average Bonchev–Trinajstić information content (AvgIpc) is 3.10. The zero-order valence-electron chi connectivity index (χ0n) is 9.26. The van der Waals surface area contributed by atoms with Gasteiger partial charge in [-0.15, -0.1) is 0 Å². The summed E-state index contributed by atoms with van der Waals surface area (Å²) < 4.78 is 26.0. The number of rotatable bonds is 3. The van der Waals surface area contributed by atoms with E-state index in [1.165, 1.54) is 12.8 Å². The van der Waals surface area contributed by atoms with E-state index in [0.717, 1.165) is 12.1 Å². The highest BCUT2D eigenvalue weighted by Crippen LogP contribution is 2.44. The molecule has 0 aromatic heterocycles. The number of aryl methyl sites for hydroxylation is 1. The molecule has 1 saturated carbocycles. The minimum Gasteiger partial charge on any atom is -0.207 e. The summed E-state index contributed by atoms with van der Waals surface area (Å²) in [5, 5.41) is 0. The van der Waals surface area contributed by atoms with Gasteiger partial charge >= 0.3 is 0 Å². The lowest BCUT2D eigenvalue weighted by Gasteiger charge is -2.06. The molecular formula is C12H15NO2S. The quantitative estimate of drug-likeness (QED) is 0.751. The van der Waals surface area contributed by atoms with Crippen LogP contribution in [0.25, 0.3) is 0 Å². The molecule has 1 heterocycles. The maximum atomic E-state index is 12.2. The molecule has 1 aliphatic carbocycles. The maximum Gasteiger partial charge on any atom is 0.243 e. The van der Waals surface area contributed by atoms with Gasteiger partial charge in [0.15, 0.2) is 0 Å². The van der Waals surface area contributed by atoms with Crippen LogP contribution in [0, 0.1) is 12.8 Å². The summed E-state index contributed by atoms with van der Waals surface area (Å²) >= 11 is 0. The largest absolute Gasteiger partial charge is 0.243 e. The van der Waals surface area contributed by atoms with Crippen molar-refractivity contribution in [1.82, 2.24) is 4.31 Å². The third-order valence-electron chi connectivity index (χ3n) is 3.40. The first-order valence-corrected chi connectivity index (χ1v) is 7.11. The Labute approximate surface area is 96.1 Å². The normalized spacial score (nSPS) is 29.1. The zero-order valence-corrected chi connectivity index (χ0v) is 10.1. The van der Waals surface area contributed by atoms with E-state index in [2.05, 4.69) is 0 Å². The second-order valence-corrected chi connectivity index (χ2v) is 6.68. The van der Waals surface area contributed by atoms with E-state index in [0.29, 0.717) is 16.9 Å². The second-order valence-electron chi connectivity index (χ2n) is 4.79. The van der Waals surface area contributed by atoms with E-state index in [9.17, 15) is 8.42 Å². The minimum atomic E-state index is -3.20. The van der Waals surface area contributed by atoms with Gasteiger partial charge in [-0.25, -0.2) is 8.42 Å². The Hall–Kier alpha value is -0.870. The van der Waals surface area contributed by atoms with Gasteiger partial charge in [0, 0.05) is 12.6 Å². The van der Waals surface area contributed by atoms with Crippen LogP contribution in [-0.2, 0) is 10.0 Å². The Balaban J connectivity index is 1.85. The Morgan fingerprint density at radius 2 is 1.81 bits per heavy atom. The number of nitrogens with zero attached hydrogens (tertiary/aromatic N) is 1. The first kappa shape index (κ1) is 10.3. The summed E-state index contributed by atoms with van der Waals surface area (Å²) in [5.74, 6) is 0.639. The monoisotopic (exact) mass is 237 g/mol. The molecule has 1 aromatic rings. The topological polar surface area (TPSA) is 37.1 Å². The van der Waals surface area contributed by atoms with Gasteiger partial charge in [-0.2, -0.15) is 4.31 Å². The highest BCUT2D eigenvalue weighted by Gasteiger charge is 2.52. The van der Waals surface area contributed by atoms with Crippen molar-refractivity contribution >= 4 is 10.0 Å². The lowest BCUT2D eigenvalue weighted by molar-refractivity contribution is 0.544. The molecule has 1 aromatic carbocycles. The first-order chi connectivity index (χ1) is 7.59. The molecule has 3 rings (SSSR count). The van der Waals surface area contributed by atoms with Gasteiger partial charge in [0.25, 0.3) is 0 Å². The molecule has 0 radical (unpaired) electrons. The Morgan fingerprint density at radius 1 is 1.19 bits per heavy atom. The molecule has 2 fully saturated rings. The standard InChI is InChI=1S/C12H15NO2S/c1-9-2-6-11(7-3-9)16(14,15)13-8-12(13)10-4-5-10/h2-3,6-7,10,12H,4-5,8H2,1H3/t12?,13-/m1/s1. The highest BCUT2D eigenvalue weighted by atomic mass is 32.2. The maximum absolute atomic E-state index is 12.2. The molecular weight excluding hydrogens is 222 g/mol. The molecule has 0 N–H and O–H groups in total. The van der Waals surface area contributed by atoms with Crippen molar-refractivity contribution in [2.75, 3.05) is 6.54 Å². The van der Waals surface area contributed by atoms with Gasteiger partial charge in [0.2, 0.25) is 10.0 Å². The summed E-state index contributed by atoms with van der Waals surface area (Å²) in [4.78, 5) is 0.432. The molecule has 0 bridgehead atoms. The average molecular weight is 237 g/mol. The SMILES string of the molecule is Cc1ccc(S(=O)(=O)[N@]2CC2C2CC2)cc1. The summed E-state index contributed by atoms with van der Waals surface area (Å²) in [5.41, 5.74) is 1.09. The van der Waals surface area contributed by atoms with Gasteiger partial charge < -0.3 is 0 Å². The Kier molecular flexibility index (Phi) is 2.13. The predicted octanol–water partition coefficient (Wildman–Crippen LogP) is 1.78. The highest BCUT2D eigenvalue weighted by molar-refractivity contribution is 7.89. The van der Waals surface area contributed by atoms with Crippen molar-refractivity contribution in [1.29, 1.82) is 0 Å². The molecule has 86 valence electrons. The van der Waals surface area contributed by atoms with Crippen LogP contribution in [0.15, 0.2) is 29.2 Å². The second kappa shape index (κ2) is 3.31. The van der Waals surface area contributed by atoms with E-state index in [4.69, 9.17) is 0 Å². The predicted molar refractivity (Wildman–Crippen MR) is 61.6 cm³/mol. The first-order valence-electron chi connectivity index (χ1n) is 5.67. The van der Waals surface area contributed by atoms with E-state index in [-0.39, 0.29) is 0 Å². The van der Waals surface area contributed by atoms with Crippen LogP contribution in [0.1, 0.15) is 18.4 Å². The van der Waals surface area contributed by atoms with Crippen LogP contribution in [0.5, 0.6) is 0 Å². The van der Waals surface area contributed by atoms with Crippen molar-refractivity contribution in [2.45, 2.75) is 30.7 Å². The molecule has 1 unspecified atom stereocenters. The van der Waals surface area contributed by atoms with Gasteiger partial charge in [0.1, 0.15) is 0 Å². The molecule has 1 saturated heterocycles. The molecule has 2 atom stereocenters. The summed E-state index contributed by atoms with van der Waals surface area (Å²) in [6.07, 6.45) is 2.40. The fourth-order valence-corrected chi connectivity index (χ4v) is 3.75. The van der Waals surface area contributed by atoms with Crippen LogP contribution in [0.2, 0.25) is 0 Å². The minimum absolute atomic E-state index is 0.298. The molecule has 0 amide bonds. The fourth-order valence-electron chi connectivity index (χ4n) is 2.12. The third-order valence-corrected chi connectivity index (χ3v) is 5.30. The van der Waals surface area contributed by atoms with Crippen LogP contribution in [0.4, 0.5) is 0 Å². The van der Waals surface area contributed by atoms with Crippen LogP contribution >= 0.6 is 0 Å². The van der Waals surface area contributed by atoms with Gasteiger partial charge in [-0.3, -0.25) is 0 Å². The van der Waals surface area contributed by atoms with Crippen LogP contribution in [-0.4, -0.2) is 25.3 Å². The van der Waals surface area contributed by atoms with E-state index in [1.807, 2.05) is 19.1 Å². The molecule has 2 aliphatic rings. The summed E-state index contributed by atoms with van der Waals surface area (Å²) in [7, 11) is -3.20. The van der Waals surface area contributed by atoms with Crippen molar-refractivity contribution in [3.63, 3.8) is 0 Å². The van der Waals surface area contributed by atoms with Crippen molar-refractivity contribution in [2.24, 2.45) is 5.92 Å². The zero-order chi connectivity index (χ0) is 11.3. The van der Waals surface area contributed by atoms with Crippen molar-refractivity contribution in [3.8, 4) is 0 Å². The van der Waals surface area contributed by atoms with Crippen LogP contribution in [0.3, 0.4) is 0 Å². The summed E-state index contributed by atoms with van der Waals surface area (Å²) in [6, 6.07) is 7.40. The molecule has 0 spiro atoms. The van der Waals surface area contributed by atoms with Gasteiger partial charge in [0.05, 0.1) is 4.90 Å². The molecule has 4 heteroatoms. The van der Waals surface area contributed by atoms with Crippen molar-refractivity contribution in [3.05, 3.63) is 29.8 Å². The number of benzene rings is 1. The number of hydrogen-bond acceptors (Lipinski definition) is 2. The molecule has 3 nitrogen and oxygen atoms in total. The number of hydrogen-bond donors (Lipinski definition) is 0. The fraction of sp³-hybridized carbons (Fsp3) is 0.500.